The summed E-state index contributed by atoms with van der Waals surface area (Å²) >= 11 is 0. The van der Waals surface area contributed by atoms with Crippen LogP contribution >= 0.6 is 0 Å². The Bertz CT molecular complexity index is 951. The van der Waals surface area contributed by atoms with Gasteiger partial charge in [-0.15, -0.1) is 0 Å². The lowest BCUT2D eigenvalue weighted by Gasteiger charge is -2.29. The Labute approximate surface area is 143 Å². The number of methoxy groups -OCH3 is 2. The minimum atomic E-state index is -0.868. The van der Waals surface area contributed by atoms with E-state index in [9.17, 15) is 9.90 Å². The third kappa shape index (κ3) is 2.96. The number of aliphatic hydroxyl groups is 1. The van der Waals surface area contributed by atoms with Gasteiger partial charge in [0.25, 0.3) is 0 Å². The van der Waals surface area contributed by atoms with Gasteiger partial charge in [-0.2, -0.15) is 0 Å². The smallest absolute Gasteiger partial charge is 0.336 e. The first-order valence-electron chi connectivity index (χ1n) is 7.76. The maximum Gasteiger partial charge on any atom is 0.336 e. The quantitative estimate of drug-likeness (QED) is 0.685. The number of aliphatic hydroxyl groups excluding tert-OH is 1. The van der Waals surface area contributed by atoms with Crippen molar-refractivity contribution in [2.45, 2.75) is 25.6 Å². The molecule has 134 valence electrons. The van der Waals surface area contributed by atoms with Gasteiger partial charge in [0.2, 0.25) is 5.75 Å². The molecule has 0 saturated carbocycles. The van der Waals surface area contributed by atoms with Crippen LogP contribution in [-0.4, -0.2) is 37.6 Å². The summed E-state index contributed by atoms with van der Waals surface area (Å²) in [4.78, 5) is 11.6. The molecule has 0 fully saturated rings. The van der Waals surface area contributed by atoms with E-state index in [0.717, 1.165) is 0 Å². The van der Waals surface area contributed by atoms with E-state index in [-0.39, 0.29) is 12.2 Å². The predicted molar refractivity (Wildman–Crippen MR) is 91.4 cm³/mol. The van der Waals surface area contributed by atoms with Crippen molar-refractivity contribution in [2.24, 2.45) is 0 Å². The van der Waals surface area contributed by atoms with Crippen molar-refractivity contribution in [1.29, 1.82) is 0 Å². The summed E-state index contributed by atoms with van der Waals surface area (Å²) in [5.41, 5.74) is -0.652. The van der Waals surface area contributed by atoms with Crippen LogP contribution in [0.15, 0.2) is 38.1 Å². The Morgan fingerprint density at radius 1 is 1.12 bits per heavy atom. The minimum absolute atomic E-state index is 0.0122. The first kappa shape index (κ1) is 17.3. The highest BCUT2D eigenvalue weighted by Gasteiger charge is 2.29. The molecular weight excluding hydrogens is 328 g/mol. The number of hydrogen-bond acceptors (Lipinski definition) is 7. The molecule has 1 atom stereocenters. The molecule has 3 aromatic rings. The highest BCUT2D eigenvalue weighted by atomic mass is 16.5. The topological polar surface area (TPSA) is 91.3 Å². The number of ether oxygens (including phenoxy) is 3. The molecule has 1 aromatic carbocycles. The second-order valence-electron chi connectivity index (χ2n) is 6.16. The first-order chi connectivity index (χ1) is 11.9. The van der Waals surface area contributed by atoms with Gasteiger partial charge in [0.05, 0.1) is 29.7 Å². The fraction of sp³-hybridized carbons (Fsp3) is 0.389. The van der Waals surface area contributed by atoms with Crippen LogP contribution in [0, 0.1) is 0 Å². The lowest BCUT2D eigenvalue weighted by atomic mass is 10.0. The average molecular weight is 348 g/mol. The number of furan rings is 1. The molecule has 2 aromatic heterocycles. The molecule has 0 aliphatic carbocycles. The summed E-state index contributed by atoms with van der Waals surface area (Å²) in [6.45, 7) is 3.51. The van der Waals surface area contributed by atoms with E-state index in [0.29, 0.717) is 27.9 Å². The molecule has 0 bridgehead atoms. The summed E-state index contributed by atoms with van der Waals surface area (Å²) < 4.78 is 27.3. The van der Waals surface area contributed by atoms with Crippen molar-refractivity contribution in [3.05, 3.63) is 34.9 Å². The van der Waals surface area contributed by atoms with Crippen LogP contribution < -0.4 is 15.1 Å². The van der Waals surface area contributed by atoms with E-state index >= 15 is 0 Å². The van der Waals surface area contributed by atoms with Crippen LogP contribution in [0.5, 0.6) is 11.5 Å². The molecule has 0 amide bonds. The van der Waals surface area contributed by atoms with Gasteiger partial charge in [0.15, 0.2) is 11.2 Å². The zero-order valence-corrected chi connectivity index (χ0v) is 14.5. The maximum absolute atomic E-state index is 11.6. The minimum Gasteiger partial charge on any atom is -0.490 e. The normalized spacial score (nSPS) is 13.3. The largest absolute Gasteiger partial charge is 0.490 e. The molecule has 7 heteroatoms. The van der Waals surface area contributed by atoms with E-state index in [2.05, 4.69) is 0 Å². The summed E-state index contributed by atoms with van der Waals surface area (Å²) in [5, 5.41) is 11.5. The number of benzene rings is 1. The second kappa shape index (κ2) is 6.42. The fourth-order valence-corrected chi connectivity index (χ4v) is 2.52. The van der Waals surface area contributed by atoms with Crippen molar-refractivity contribution in [2.75, 3.05) is 20.8 Å². The lowest BCUT2D eigenvalue weighted by molar-refractivity contribution is -0.0912. The molecule has 1 N–H and O–H groups in total. The molecule has 0 aliphatic rings. The van der Waals surface area contributed by atoms with E-state index in [4.69, 9.17) is 23.0 Å². The molecule has 25 heavy (non-hydrogen) atoms. The van der Waals surface area contributed by atoms with E-state index in [1.165, 1.54) is 26.5 Å². The van der Waals surface area contributed by atoms with Gasteiger partial charge in [0.1, 0.15) is 18.5 Å². The highest BCUT2D eigenvalue weighted by Crippen LogP contribution is 2.42. The van der Waals surface area contributed by atoms with Gasteiger partial charge in [0, 0.05) is 13.2 Å². The Balaban J connectivity index is 2.13. The van der Waals surface area contributed by atoms with Crippen molar-refractivity contribution >= 4 is 21.9 Å². The van der Waals surface area contributed by atoms with Crippen molar-refractivity contribution < 1.29 is 28.2 Å². The predicted octanol–water partition coefficient (Wildman–Crippen LogP) is 2.71. The molecule has 0 radical (unpaired) electrons. The summed E-state index contributed by atoms with van der Waals surface area (Å²) in [5.74, 6) is 0.757. The Hall–Kier alpha value is -2.51. The molecule has 2 heterocycles. The molecule has 1 unspecified atom stereocenters. The van der Waals surface area contributed by atoms with Crippen molar-refractivity contribution in [3.8, 4) is 11.5 Å². The fourth-order valence-electron chi connectivity index (χ4n) is 2.52. The summed E-state index contributed by atoms with van der Waals surface area (Å²) in [6, 6.07) is 4.63. The van der Waals surface area contributed by atoms with Crippen LogP contribution in [0.3, 0.4) is 0 Å². The summed E-state index contributed by atoms with van der Waals surface area (Å²) in [7, 11) is 2.99. The zero-order valence-electron chi connectivity index (χ0n) is 14.5. The van der Waals surface area contributed by atoms with Crippen LogP contribution in [0.25, 0.3) is 21.9 Å². The average Bonchev–Trinajstić information content (AvgIpc) is 3.07. The van der Waals surface area contributed by atoms with Crippen LogP contribution in [0.1, 0.15) is 13.8 Å². The van der Waals surface area contributed by atoms with Gasteiger partial charge in [-0.25, -0.2) is 4.79 Å². The Morgan fingerprint density at radius 2 is 1.84 bits per heavy atom. The molecule has 0 aliphatic heterocycles. The van der Waals surface area contributed by atoms with E-state index < -0.39 is 17.3 Å². The van der Waals surface area contributed by atoms with Crippen LogP contribution in [-0.2, 0) is 4.74 Å². The number of hydrogen-bond donors (Lipinski definition) is 1. The molecule has 3 rings (SSSR count). The Morgan fingerprint density at radius 3 is 2.52 bits per heavy atom. The highest BCUT2D eigenvalue weighted by molar-refractivity contribution is 6.06. The standard InChI is InChI=1S/C18H20O7/c1-18(2,22-4)12(19)9-24-14-10-5-6-13(20)25-16(10)17(21-3)15-11(14)7-8-23-15/h5-8,12,19H,9H2,1-4H3. The van der Waals surface area contributed by atoms with Gasteiger partial charge in [-0.3, -0.25) is 0 Å². The molecule has 0 saturated heterocycles. The zero-order chi connectivity index (χ0) is 18.2. The molecule has 0 spiro atoms. The van der Waals surface area contributed by atoms with Crippen LogP contribution in [0.4, 0.5) is 0 Å². The summed E-state index contributed by atoms with van der Waals surface area (Å²) in [6.07, 6.45) is 0.624. The van der Waals surface area contributed by atoms with Crippen molar-refractivity contribution in [1.82, 2.24) is 0 Å². The second-order valence-corrected chi connectivity index (χ2v) is 6.16. The van der Waals surface area contributed by atoms with Crippen molar-refractivity contribution in [3.63, 3.8) is 0 Å². The van der Waals surface area contributed by atoms with Gasteiger partial charge < -0.3 is 28.2 Å². The monoisotopic (exact) mass is 348 g/mol. The maximum atomic E-state index is 11.6. The number of fused-ring (bicyclic) bond motifs is 2. The SMILES string of the molecule is COc1c2occc2c(OCC(O)C(C)(C)OC)c2ccc(=O)oc12. The van der Waals surface area contributed by atoms with Gasteiger partial charge in [-0.05, 0) is 26.0 Å². The van der Waals surface area contributed by atoms with E-state index in [1.54, 1.807) is 26.0 Å². The third-order valence-corrected chi connectivity index (χ3v) is 4.32. The van der Waals surface area contributed by atoms with Crippen LogP contribution in [0.2, 0.25) is 0 Å². The lowest BCUT2D eigenvalue weighted by Crippen LogP contribution is -2.42. The van der Waals surface area contributed by atoms with E-state index in [1.807, 2.05) is 0 Å². The first-order valence-corrected chi connectivity index (χ1v) is 7.76. The third-order valence-electron chi connectivity index (χ3n) is 4.32. The molecular formula is C18H20O7. The Kier molecular flexibility index (Phi) is 4.45. The number of rotatable bonds is 6. The molecule has 7 nitrogen and oxygen atoms in total. The van der Waals surface area contributed by atoms with Gasteiger partial charge in [-0.1, -0.05) is 0 Å². The van der Waals surface area contributed by atoms with Gasteiger partial charge >= 0.3 is 5.63 Å².